The smallest absolute Gasteiger partial charge is 0.313 e. The van der Waals surface area contributed by atoms with Crippen molar-refractivity contribution in [1.82, 2.24) is 4.90 Å². The summed E-state index contributed by atoms with van der Waals surface area (Å²) in [5.41, 5.74) is 1.59. The number of anilines is 1. The zero-order valence-electron chi connectivity index (χ0n) is 15.1. The average molecular weight is 387 g/mol. The van der Waals surface area contributed by atoms with Crippen LogP contribution in [-0.4, -0.2) is 29.8 Å². The Bertz CT molecular complexity index is 767. The summed E-state index contributed by atoms with van der Waals surface area (Å²) >= 11 is 5.87. The standard InChI is InChI=1S/C21H23ClN2O3/c22-17-7-5-16(6-8-17)15-27-19-11-9-18(10-12-19)23-20(25)21(26)24-13-3-1-2-4-14-24/h5-12H,1-4,13-15H2,(H,23,25). The Labute approximate surface area is 164 Å². The van der Waals surface area contributed by atoms with Crippen molar-refractivity contribution in [3.63, 3.8) is 0 Å². The molecule has 1 aliphatic rings. The molecule has 0 saturated carbocycles. The molecule has 27 heavy (non-hydrogen) atoms. The first-order valence-electron chi connectivity index (χ1n) is 9.19. The number of benzene rings is 2. The van der Waals surface area contributed by atoms with E-state index in [0.29, 0.717) is 36.2 Å². The first kappa shape index (κ1) is 19.2. The number of rotatable bonds is 4. The summed E-state index contributed by atoms with van der Waals surface area (Å²) in [4.78, 5) is 26.1. The van der Waals surface area contributed by atoms with Gasteiger partial charge in [-0.15, -0.1) is 0 Å². The molecule has 0 spiro atoms. The zero-order valence-corrected chi connectivity index (χ0v) is 15.9. The van der Waals surface area contributed by atoms with Crippen molar-refractivity contribution < 1.29 is 14.3 Å². The number of likely N-dealkylation sites (tertiary alicyclic amines) is 1. The van der Waals surface area contributed by atoms with Gasteiger partial charge in [0.1, 0.15) is 12.4 Å². The molecule has 3 rings (SSSR count). The van der Waals surface area contributed by atoms with Gasteiger partial charge in [0.25, 0.3) is 0 Å². The second-order valence-corrected chi connectivity index (χ2v) is 7.04. The second-order valence-electron chi connectivity index (χ2n) is 6.60. The molecule has 1 fully saturated rings. The maximum absolute atomic E-state index is 12.3. The molecule has 1 heterocycles. The molecule has 5 nitrogen and oxygen atoms in total. The van der Waals surface area contributed by atoms with Crippen LogP contribution < -0.4 is 10.1 Å². The highest BCUT2D eigenvalue weighted by Crippen LogP contribution is 2.18. The van der Waals surface area contributed by atoms with E-state index in [2.05, 4.69) is 5.32 Å². The van der Waals surface area contributed by atoms with Crippen molar-refractivity contribution in [3.8, 4) is 5.75 Å². The average Bonchev–Trinajstić information content (AvgIpc) is 2.97. The Morgan fingerprint density at radius 1 is 0.926 bits per heavy atom. The van der Waals surface area contributed by atoms with E-state index in [-0.39, 0.29) is 0 Å². The lowest BCUT2D eigenvalue weighted by atomic mass is 10.2. The van der Waals surface area contributed by atoms with Crippen LogP contribution in [0.1, 0.15) is 31.2 Å². The fourth-order valence-electron chi connectivity index (χ4n) is 2.98. The molecule has 0 radical (unpaired) electrons. The van der Waals surface area contributed by atoms with Crippen LogP contribution in [0.3, 0.4) is 0 Å². The van der Waals surface area contributed by atoms with Crippen molar-refractivity contribution in [2.24, 2.45) is 0 Å². The van der Waals surface area contributed by atoms with E-state index >= 15 is 0 Å². The van der Waals surface area contributed by atoms with Gasteiger partial charge >= 0.3 is 11.8 Å². The monoisotopic (exact) mass is 386 g/mol. The third-order valence-corrected chi connectivity index (χ3v) is 4.77. The normalized spacial score (nSPS) is 14.3. The van der Waals surface area contributed by atoms with Gasteiger partial charge in [-0.3, -0.25) is 9.59 Å². The van der Waals surface area contributed by atoms with Crippen LogP contribution in [-0.2, 0) is 16.2 Å². The molecule has 0 bridgehead atoms. The molecule has 142 valence electrons. The molecular formula is C21H23ClN2O3. The Balaban J connectivity index is 1.51. The number of halogens is 1. The van der Waals surface area contributed by atoms with Gasteiger partial charge in [0.15, 0.2) is 0 Å². The van der Waals surface area contributed by atoms with Gasteiger partial charge in [0.2, 0.25) is 0 Å². The molecule has 2 amide bonds. The highest BCUT2D eigenvalue weighted by Gasteiger charge is 2.22. The minimum absolute atomic E-state index is 0.427. The highest BCUT2D eigenvalue weighted by molar-refractivity contribution is 6.39. The van der Waals surface area contributed by atoms with Gasteiger partial charge in [-0.1, -0.05) is 36.6 Å². The van der Waals surface area contributed by atoms with E-state index in [0.717, 1.165) is 31.2 Å². The Hall–Kier alpha value is -2.53. The summed E-state index contributed by atoms with van der Waals surface area (Å²) in [7, 11) is 0. The van der Waals surface area contributed by atoms with E-state index in [1.807, 2.05) is 24.3 Å². The van der Waals surface area contributed by atoms with Gasteiger partial charge in [-0.05, 0) is 54.8 Å². The van der Waals surface area contributed by atoms with E-state index < -0.39 is 11.8 Å². The third kappa shape index (κ3) is 5.73. The van der Waals surface area contributed by atoms with E-state index in [4.69, 9.17) is 16.3 Å². The number of carbonyl (C=O) groups is 2. The minimum Gasteiger partial charge on any atom is -0.489 e. The first-order valence-corrected chi connectivity index (χ1v) is 9.57. The first-order chi connectivity index (χ1) is 13.1. The SMILES string of the molecule is O=C(Nc1ccc(OCc2ccc(Cl)cc2)cc1)C(=O)N1CCCCCC1. The Kier molecular flexibility index (Phi) is 6.71. The van der Waals surface area contributed by atoms with Gasteiger partial charge in [-0.2, -0.15) is 0 Å². The number of carbonyl (C=O) groups excluding carboxylic acids is 2. The van der Waals surface area contributed by atoms with Crippen LogP contribution in [0.5, 0.6) is 5.75 Å². The molecule has 6 heteroatoms. The van der Waals surface area contributed by atoms with E-state index in [9.17, 15) is 9.59 Å². The Morgan fingerprint density at radius 2 is 1.56 bits per heavy atom. The summed E-state index contributed by atoms with van der Waals surface area (Å²) < 4.78 is 5.72. The lowest BCUT2D eigenvalue weighted by molar-refractivity contribution is -0.143. The second kappa shape index (κ2) is 9.42. The van der Waals surface area contributed by atoms with Crippen LogP contribution in [0.2, 0.25) is 5.02 Å². The van der Waals surface area contributed by atoms with Crippen LogP contribution in [0.15, 0.2) is 48.5 Å². The third-order valence-electron chi connectivity index (χ3n) is 4.52. The Morgan fingerprint density at radius 3 is 2.19 bits per heavy atom. The van der Waals surface area contributed by atoms with Crippen LogP contribution in [0.4, 0.5) is 5.69 Å². The summed E-state index contributed by atoms with van der Waals surface area (Å²) in [5.74, 6) is -0.367. The largest absolute Gasteiger partial charge is 0.489 e. The maximum Gasteiger partial charge on any atom is 0.313 e. The fourth-order valence-corrected chi connectivity index (χ4v) is 3.11. The molecule has 0 aliphatic carbocycles. The molecule has 1 aliphatic heterocycles. The van der Waals surface area contributed by atoms with E-state index in [1.165, 1.54) is 0 Å². The molecule has 0 atom stereocenters. The number of hydrogen-bond acceptors (Lipinski definition) is 3. The number of nitrogens with one attached hydrogen (secondary N) is 1. The molecule has 0 aromatic heterocycles. The van der Waals surface area contributed by atoms with Gasteiger partial charge in [0.05, 0.1) is 0 Å². The molecule has 2 aromatic carbocycles. The number of hydrogen-bond donors (Lipinski definition) is 1. The van der Waals surface area contributed by atoms with Gasteiger partial charge in [-0.25, -0.2) is 0 Å². The molecule has 1 N–H and O–H groups in total. The summed E-state index contributed by atoms with van der Waals surface area (Å²) in [6.07, 6.45) is 4.14. The van der Waals surface area contributed by atoms with Crippen molar-refractivity contribution in [2.75, 3.05) is 18.4 Å². The summed E-state index contributed by atoms with van der Waals surface area (Å²) in [6.45, 7) is 1.74. The van der Waals surface area contributed by atoms with Crippen LogP contribution in [0, 0.1) is 0 Å². The number of ether oxygens (including phenoxy) is 1. The number of nitrogens with zero attached hydrogens (tertiary/aromatic N) is 1. The molecule has 0 unspecified atom stereocenters. The van der Waals surface area contributed by atoms with Crippen molar-refractivity contribution in [2.45, 2.75) is 32.3 Å². The quantitative estimate of drug-likeness (QED) is 0.798. The highest BCUT2D eigenvalue weighted by atomic mass is 35.5. The topological polar surface area (TPSA) is 58.6 Å². The van der Waals surface area contributed by atoms with E-state index in [1.54, 1.807) is 29.2 Å². The van der Waals surface area contributed by atoms with Crippen LogP contribution >= 0.6 is 11.6 Å². The zero-order chi connectivity index (χ0) is 19.1. The minimum atomic E-state index is -0.591. The predicted molar refractivity (Wildman–Crippen MR) is 106 cm³/mol. The molecule has 1 saturated heterocycles. The lowest BCUT2D eigenvalue weighted by Crippen LogP contribution is -2.40. The fraction of sp³-hybridized carbons (Fsp3) is 0.333. The van der Waals surface area contributed by atoms with Crippen molar-refractivity contribution >= 4 is 29.1 Å². The molecule has 2 aromatic rings. The molecular weight excluding hydrogens is 364 g/mol. The predicted octanol–water partition coefficient (Wildman–Crippen LogP) is 4.26. The lowest BCUT2D eigenvalue weighted by Gasteiger charge is -2.19. The maximum atomic E-state index is 12.3. The van der Waals surface area contributed by atoms with Gasteiger partial charge < -0.3 is 15.0 Å². The summed E-state index contributed by atoms with van der Waals surface area (Å²) in [5, 5.41) is 3.35. The van der Waals surface area contributed by atoms with Crippen molar-refractivity contribution in [1.29, 1.82) is 0 Å². The van der Waals surface area contributed by atoms with Crippen LogP contribution in [0.25, 0.3) is 0 Å². The number of amides is 2. The van der Waals surface area contributed by atoms with Crippen molar-refractivity contribution in [3.05, 3.63) is 59.1 Å². The van der Waals surface area contributed by atoms with Gasteiger partial charge in [0, 0.05) is 23.8 Å². The summed E-state index contributed by atoms with van der Waals surface area (Å²) in [6, 6.07) is 14.4.